The number of ether oxygens (including phenoxy) is 2. The Bertz CT molecular complexity index is 611. The van der Waals surface area contributed by atoms with Crippen molar-refractivity contribution in [2.75, 3.05) is 13.7 Å². The largest absolute Gasteiger partial charge is 0.468 e. The van der Waals surface area contributed by atoms with Gasteiger partial charge in [0.15, 0.2) is 5.60 Å². The fraction of sp³-hybridized carbons (Fsp3) is 0.278. The highest BCUT2D eigenvalue weighted by molar-refractivity contribution is 5.92. The number of carbonyl (C=O) groups excluding carboxylic acids is 3. The molecule has 1 aromatic rings. The van der Waals surface area contributed by atoms with Crippen LogP contribution in [0.3, 0.4) is 0 Å². The Balaban J connectivity index is 3.11. The molecule has 0 saturated heterocycles. The third-order valence-electron chi connectivity index (χ3n) is 3.30. The molecule has 0 saturated carbocycles. The molecule has 0 fully saturated rings. The van der Waals surface area contributed by atoms with Crippen LogP contribution in [-0.2, 0) is 30.3 Å². The van der Waals surface area contributed by atoms with Crippen LogP contribution >= 0.6 is 0 Å². The SMILES string of the molecule is C=CCC(Cc1ccccc1)(OC(=O)C=C)C(=O)NCC(=O)OC. The van der Waals surface area contributed by atoms with Gasteiger partial charge in [-0.05, 0) is 5.56 Å². The molecule has 1 atom stereocenters. The summed E-state index contributed by atoms with van der Waals surface area (Å²) in [5, 5.41) is 2.44. The van der Waals surface area contributed by atoms with E-state index in [-0.39, 0.29) is 19.4 Å². The van der Waals surface area contributed by atoms with E-state index in [4.69, 9.17) is 4.74 Å². The molecule has 0 aliphatic carbocycles. The number of methoxy groups -OCH3 is 1. The van der Waals surface area contributed by atoms with Crippen molar-refractivity contribution in [3.63, 3.8) is 0 Å². The molecule has 6 heteroatoms. The van der Waals surface area contributed by atoms with Crippen LogP contribution < -0.4 is 5.32 Å². The number of benzene rings is 1. The van der Waals surface area contributed by atoms with Crippen molar-refractivity contribution in [2.24, 2.45) is 0 Å². The predicted molar refractivity (Wildman–Crippen MR) is 89.0 cm³/mol. The van der Waals surface area contributed by atoms with E-state index in [1.165, 1.54) is 13.2 Å². The van der Waals surface area contributed by atoms with Gasteiger partial charge in [0.1, 0.15) is 6.54 Å². The summed E-state index contributed by atoms with van der Waals surface area (Å²) in [7, 11) is 1.22. The topological polar surface area (TPSA) is 81.7 Å². The standard InChI is InChI=1S/C18H21NO5/c1-4-11-18(24-15(20)5-2,12-14-9-7-6-8-10-14)17(22)19-13-16(21)23-3/h4-10H,1-2,11-13H2,3H3,(H,19,22). The first-order valence-electron chi connectivity index (χ1n) is 7.32. The zero-order valence-electron chi connectivity index (χ0n) is 13.6. The number of hydrogen-bond donors (Lipinski definition) is 1. The van der Waals surface area contributed by atoms with Gasteiger partial charge in [-0.15, -0.1) is 6.58 Å². The van der Waals surface area contributed by atoms with Crippen molar-refractivity contribution < 1.29 is 23.9 Å². The van der Waals surface area contributed by atoms with Crippen LogP contribution in [0.4, 0.5) is 0 Å². The highest BCUT2D eigenvalue weighted by Gasteiger charge is 2.41. The molecule has 1 amide bonds. The monoisotopic (exact) mass is 331 g/mol. The van der Waals surface area contributed by atoms with Crippen molar-refractivity contribution >= 4 is 17.8 Å². The fourth-order valence-corrected chi connectivity index (χ4v) is 2.15. The Labute approximate surface area is 141 Å². The predicted octanol–water partition coefficient (Wildman–Crippen LogP) is 1.56. The quantitative estimate of drug-likeness (QED) is 0.422. The van der Waals surface area contributed by atoms with Gasteiger partial charge in [0.2, 0.25) is 0 Å². The van der Waals surface area contributed by atoms with E-state index in [2.05, 4.69) is 23.2 Å². The lowest BCUT2D eigenvalue weighted by molar-refractivity contribution is -0.164. The van der Waals surface area contributed by atoms with Gasteiger partial charge in [-0.1, -0.05) is 43.0 Å². The molecular formula is C18H21NO5. The Hall–Kier alpha value is -2.89. The third-order valence-corrected chi connectivity index (χ3v) is 3.30. The van der Waals surface area contributed by atoms with E-state index in [0.717, 1.165) is 11.6 Å². The molecule has 1 unspecified atom stereocenters. The second-order valence-corrected chi connectivity index (χ2v) is 5.03. The lowest BCUT2D eigenvalue weighted by Gasteiger charge is -2.31. The maximum atomic E-state index is 12.7. The van der Waals surface area contributed by atoms with Gasteiger partial charge in [-0.2, -0.15) is 0 Å². The Morgan fingerprint density at radius 3 is 2.42 bits per heavy atom. The third kappa shape index (κ3) is 5.39. The molecule has 0 aliphatic rings. The first-order valence-corrected chi connectivity index (χ1v) is 7.32. The van der Waals surface area contributed by atoms with Gasteiger partial charge < -0.3 is 14.8 Å². The maximum Gasteiger partial charge on any atom is 0.331 e. The summed E-state index contributed by atoms with van der Waals surface area (Å²) >= 11 is 0. The van der Waals surface area contributed by atoms with E-state index in [9.17, 15) is 14.4 Å². The van der Waals surface area contributed by atoms with Crippen molar-refractivity contribution in [1.29, 1.82) is 0 Å². The van der Waals surface area contributed by atoms with Gasteiger partial charge in [-0.3, -0.25) is 9.59 Å². The number of rotatable bonds is 9. The van der Waals surface area contributed by atoms with Crippen molar-refractivity contribution in [3.05, 3.63) is 61.2 Å². The lowest BCUT2D eigenvalue weighted by Crippen LogP contribution is -2.52. The molecule has 128 valence electrons. The van der Waals surface area contributed by atoms with E-state index in [0.29, 0.717) is 0 Å². The minimum absolute atomic E-state index is 0.0779. The molecule has 1 N–H and O–H groups in total. The summed E-state index contributed by atoms with van der Waals surface area (Å²) in [4.78, 5) is 35.7. The maximum absolute atomic E-state index is 12.7. The smallest absolute Gasteiger partial charge is 0.331 e. The molecule has 0 spiro atoms. The van der Waals surface area contributed by atoms with Crippen LogP contribution in [-0.4, -0.2) is 37.1 Å². The minimum atomic E-state index is -1.53. The summed E-state index contributed by atoms with van der Waals surface area (Å²) in [6.07, 6.45) is 2.67. The van der Waals surface area contributed by atoms with Crippen LogP contribution in [0.1, 0.15) is 12.0 Å². The number of esters is 2. The molecule has 6 nitrogen and oxygen atoms in total. The zero-order chi connectivity index (χ0) is 18.0. The van der Waals surface area contributed by atoms with E-state index in [1.54, 1.807) is 0 Å². The summed E-state index contributed by atoms with van der Waals surface area (Å²) < 4.78 is 9.86. The molecule has 1 rings (SSSR count). The lowest BCUT2D eigenvalue weighted by atomic mass is 9.89. The van der Waals surface area contributed by atoms with Gasteiger partial charge in [-0.25, -0.2) is 4.79 Å². The first kappa shape index (κ1) is 19.2. The zero-order valence-corrected chi connectivity index (χ0v) is 13.6. The van der Waals surface area contributed by atoms with Crippen LogP contribution in [0.15, 0.2) is 55.6 Å². The Morgan fingerprint density at radius 2 is 1.88 bits per heavy atom. The first-order chi connectivity index (χ1) is 11.5. The second kappa shape index (κ2) is 9.29. The van der Waals surface area contributed by atoms with Crippen LogP contribution in [0.25, 0.3) is 0 Å². The second-order valence-electron chi connectivity index (χ2n) is 5.03. The number of amides is 1. The minimum Gasteiger partial charge on any atom is -0.468 e. The molecule has 0 aliphatic heterocycles. The number of nitrogens with one attached hydrogen (secondary N) is 1. The van der Waals surface area contributed by atoms with Gasteiger partial charge in [0.25, 0.3) is 5.91 Å². The Morgan fingerprint density at radius 1 is 1.21 bits per heavy atom. The molecule has 0 heterocycles. The van der Waals surface area contributed by atoms with Gasteiger partial charge in [0, 0.05) is 18.9 Å². The van der Waals surface area contributed by atoms with Crippen molar-refractivity contribution in [2.45, 2.75) is 18.4 Å². The molecule has 24 heavy (non-hydrogen) atoms. The van der Waals surface area contributed by atoms with Gasteiger partial charge in [0.05, 0.1) is 7.11 Å². The van der Waals surface area contributed by atoms with E-state index < -0.39 is 23.4 Å². The van der Waals surface area contributed by atoms with E-state index >= 15 is 0 Å². The average molecular weight is 331 g/mol. The number of hydrogen-bond acceptors (Lipinski definition) is 5. The Kier molecular flexibility index (Phi) is 7.42. The summed E-state index contributed by atoms with van der Waals surface area (Å²) in [5.41, 5.74) is -0.730. The summed E-state index contributed by atoms with van der Waals surface area (Å²) in [5.74, 6) is -1.95. The van der Waals surface area contributed by atoms with Crippen LogP contribution in [0.2, 0.25) is 0 Å². The van der Waals surface area contributed by atoms with Crippen molar-refractivity contribution in [3.8, 4) is 0 Å². The fourth-order valence-electron chi connectivity index (χ4n) is 2.15. The van der Waals surface area contributed by atoms with E-state index in [1.807, 2.05) is 30.3 Å². The molecule has 0 bridgehead atoms. The molecular weight excluding hydrogens is 310 g/mol. The van der Waals surface area contributed by atoms with Gasteiger partial charge >= 0.3 is 11.9 Å². The van der Waals surface area contributed by atoms with Crippen LogP contribution in [0.5, 0.6) is 0 Å². The molecule has 0 radical (unpaired) electrons. The summed E-state index contributed by atoms with van der Waals surface area (Å²) in [6, 6.07) is 9.09. The average Bonchev–Trinajstić information content (AvgIpc) is 2.60. The van der Waals surface area contributed by atoms with Crippen molar-refractivity contribution in [1.82, 2.24) is 5.32 Å². The van der Waals surface area contributed by atoms with Crippen LogP contribution in [0, 0.1) is 0 Å². The summed E-state index contributed by atoms with van der Waals surface area (Å²) in [6.45, 7) is 6.65. The highest BCUT2D eigenvalue weighted by atomic mass is 16.6. The molecule has 0 aromatic heterocycles. The normalized spacial score (nSPS) is 12.4. The number of carbonyl (C=O) groups is 3. The highest BCUT2D eigenvalue weighted by Crippen LogP contribution is 2.24. The molecule has 1 aromatic carbocycles.